The van der Waals surface area contributed by atoms with Gasteiger partial charge in [0.1, 0.15) is 10.9 Å². The highest BCUT2D eigenvalue weighted by molar-refractivity contribution is 9.10. The lowest BCUT2D eigenvalue weighted by Crippen LogP contribution is -2.41. The van der Waals surface area contributed by atoms with Gasteiger partial charge in [0.05, 0.1) is 0 Å². The highest BCUT2D eigenvalue weighted by atomic mass is 79.9. The molecule has 0 aromatic carbocycles. The third kappa shape index (κ3) is 2.62. The number of thiophene rings is 1. The van der Waals surface area contributed by atoms with Crippen LogP contribution in [0.5, 0.6) is 0 Å². The number of hydrogen-bond donors (Lipinski definition) is 1. The Morgan fingerprint density at radius 1 is 1.62 bits per heavy atom. The summed E-state index contributed by atoms with van der Waals surface area (Å²) < 4.78 is 0.703. The molecule has 1 rings (SSSR count). The second-order valence-electron chi connectivity index (χ2n) is 3.28. The number of rotatable bonds is 4. The van der Waals surface area contributed by atoms with Gasteiger partial charge in [-0.05, 0) is 33.8 Å². The number of nitrogens with zero attached hydrogens (tertiary/aromatic N) is 1. The lowest BCUT2D eigenvalue weighted by molar-refractivity contribution is -0.142. The van der Waals surface area contributed by atoms with Crippen molar-refractivity contribution in [2.45, 2.75) is 19.4 Å². The Balaban J connectivity index is 2.90. The largest absolute Gasteiger partial charge is 0.480 e. The Morgan fingerprint density at radius 2 is 2.25 bits per heavy atom. The first-order chi connectivity index (χ1) is 7.49. The van der Waals surface area contributed by atoms with Gasteiger partial charge in [-0.3, -0.25) is 4.79 Å². The first-order valence-corrected chi connectivity index (χ1v) is 6.39. The molecule has 0 aliphatic carbocycles. The van der Waals surface area contributed by atoms with Crippen molar-refractivity contribution in [1.82, 2.24) is 4.90 Å². The van der Waals surface area contributed by atoms with Crippen LogP contribution in [0.15, 0.2) is 15.9 Å². The van der Waals surface area contributed by atoms with Crippen molar-refractivity contribution >= 4 is 39.1 Å². The van der Waals surface area contributed by atoms with Crippen molar-refractivity contribution in [2.24, 2.45) is 0 Å². The Labute approximate surface area is 106 Å². The van der Waals surface area contributed by atoms with Gasteiger partial charge in [-0.2, -0.15) is 0 Å². The number of carbonyl (C=O) groups is 2. The van der Waals surface area contributed by atoms with Gasteiger partial charge < -0.3 is 10.0 Å². The molecule has 88 valence electrons. The van der Waals surface area contributed by atoms with Crippen molar-refractivity contribution in [2.75, 3.05) is 7.05 Å². The van der Waals surface area contributed by atoms with Gasteiger partial charge in [-0.1, -0.05) is 6.92 Å². The molecule has 0 spiro atoms. The van der Waals surface area contributed by atoms with Crippen LogP contribution in [0.4, 0.5) is 0 Å². The highest BCUT2D eigenvalue weighted by Gasteiger charge is 2.27. The predicted octanol–water partition coefficient (Wildman–Crippen LogP) is 2.45. The monoisotopic (exact) mass is 305 g/mol. The van der Waals surface area contributed by atoms with E-state index in [1.165, 1.54) is 23.3 Å². The van der Waals surface area contributed by atoms with E-state index in [2.05, 4.69) is 15.9 Å². The van der Waals surface area contributed by atoms with E-state index in [4.69, 9.17) is 5.11 Å². The van der Waals surface area contributed by atoms with E-state index < -0.39 is 12.0 Å². The summed E-state index contributed by atoms with van der Waals surface area (Å²) in [6, 6.07) is 0.995. The molecule has 1 unspecified atom stereocenters. The van der Waals surface area contributed by atoms with Crippen LogP contribution in [-0.4, -0.2) is 35.0 Å². The van der Waals surface area contributed by atoms with Crippen molar-refractivity contribution in [3.05, 3.63) is 20.8 Å². The fourth-order valence-corrected chi connectivity index (χ4v) is 2.88. The van der Waals surface area contributed by atoms with E-state index in [1.807, 2.05) is 0 Å². The normalized spacial score (nSPS) is 12.2. The number of amides is 1. The lowest BCUT2D eigenvalue weighted by Gasteiger charge is -2.23. The minimum Gasteiger partial charge on any atom is -0.480 e. The van der Waals surface area contributed by atoms with Gasteiger partial charge in [0.25, 0.3) is 5.91 Å². The summed E-state index contributed by atoms with van der Waals surface area (Å²) >= 11 is 4.55. The summed E-state index contributed by atoms with van der Waals surface area (Å²) in [5.41, 5.74) is 0. The van der Waals surface area contributed by atoms with Crippen LogP contribution in [0.3, 0.4) is 0 Å². The standard InChI is InChI=1S/C10H12BrNO3S/c1-3-7(10(14)15)12(2)9(13)8-6(11)4-5-16-8/h4-5,7H,3H2,1-2H3,(H,14,15). The number of carboxylic acids is 1. The molecule has 0 aliphatic heterocycles. The summed E-state index contributed by atoms with van der Waals surface area (Å²) in [6.07, 6.45) is 0.389. The molecule has 1 amide bonds. The van der Waals surface area contributed by atoms with Crippen LogP contribution in [0.25, 0.3) is 0 Å². The average Bonchev–Trinajstić information content (AvgIpc) is 2.63. The smallest absolute Gasteiger partial charge is 0.326 e. The Kier molecular flexibility index (Phi) is 4.49. The van der Waals surface area contributed by atoms with Gasteiger partial charge in [-0.25, -0.2) is 4.79 Å². The molecular formula is C10H12BrNO3S. The van der Waals surface area contributed by atoms with E-state index >= 15 is 0 Å². The molecule has 0 bridgehead atoms. The number of halogens is 1. The van der Waals surface area contributed by atoms with Crippen molar-refractivity contribution in [1.29, 1.82) is 0 Å². The average molecular weight is 306 g/mol. The van der Waals surface area contributed by atoms with Crippen molar-refractivity contribution in [3.63, 3.8) is 0 Å². The Hall–Kier alpha value is -0.880. The molecular weight excluding hydrogens is 294 g/mol. The third-order valence-corrected chi connectivity index (χ3v) is 4.10. The van der Waals surface area contributed by atoms with Gasteiger partial charge in [0.2, 0.25) is 0 Å². The molecule has 1 aromatic heterocycles. The maximum atomic E-state index is 12.0. The fraction of sp³-hybridized carbons (Fsp3) is 0.400. The van der Waals surface area contributed by atoms with Gasteiger partial charge in [-0.15, -0.1) is 11.3 Å². The van der Waals surface area contributed by atoms with E-state index in [9.17, 15) is 9.59 Å². The zero-order valence-corrected chi connectivity index (χ0v) is 11.3. The Morgan fingerprint density at radius 3 is 2.62 bits per heavy atom. The maximum Gasteiger partial charge on any atom is 0.326 e. The van der Waals surface area contributed by atoms with Crippen molar-refractivity contribution < 1.29 is 14.7 Å². The quantitative estimate of drug-likeness (QED) is 0.929. The van der Waals surface area contributed by atoms with Crippen LogP contribution in [0, 0.1) is 0 Å². The molecule has 0 fully saturated rings. The van der Waals surface area contributed by atoms with Crippen LogP contribution in [0.2, 0.25) is 0 Å². The van der Waals surface area contributed by atoms with Crippen LogP contribution in [0.1, 0.15) is 23.0 Å². The van der Waals surface area contributed by atoms with Gasteiger partial charge in [0, 0.05) is 11.5 Å². The first-order valence-electron chi connectivity index (χ1n) is 4.72. The van der Waals surface area contributed by atoms with Crippen LogP contribution in [-0.2, 0) is 4.79 Å². The summed E-state index contributed by atoms with van der Waals surface area (Å²) in [4.78, 5) is 24.7. The topological polar surface area (TPSA) is 57.6 Å². The SMILES string of the molecule is CCC(C(=O)O)N(C)C(=O)c1sccc1Br. The third-order valence-electron chi connectivity index (χ3n) is 2.27. The van der Waals surface area contributed by atoms with Gasteiger partial charge in [0.15, 0.2) is 0 Å². The predicted molar refractivity (Wildman–Crippen MR) is 65.8 cm³/mol. The van der Waals surface area contributed by atoms with E-state index in [0.717, 1.165) is 0 Å². The molecule has 1 aromatic rings. The molecule has 1 atom stereocenters. The van der Waals surface area contributed by atoms with E-state index in [-0.39, 0.29) is 5.91 Å². The van der Waals surface area contributed by atoms with Crippen LogP contribution < -0.4 is 0 Å². The lowest BCUT2D eigenvalue weighted by atomic mass is 10.2. The summed E-state index contributed by atoms with van der Waals surface area (Å²) in [5, 5.41) is 10.7. The second-order valence-corrected chi connectivity index (χ2v) is 5.05. The number of likely N-dealkylation sites (N-methyl/N-ethyl adjacent to an activating group) is 1. The summed E-state index contributed by atoms with van der Waals surface area (Å²) in [5.74, 6) is -1.25. The van der Waals surface area contributed by atoms with Crippen LogP contribution >= 0.6 is 27.3 Å². The number of carbonyl (C=O) groups excluding carboxylic acids is 1. The van der Waals surface area contributed by atoms with Crippen molar-refractivity contribution in [3.8, 4) is 0 Å². The molecule has 4 nitrogen and oxygen atoms in total. The number of carboxylic acid groups (broad SMARTS) is 1. The number of hydrogen-bond acceptors (Lipinski definition) is 3. The maximum absolute atomic E-state index is 12.0. The molecule has 16 heavy (non-hydrogen) atoms. The first kappa shape index (κ1) is 13.2. The minimum atomic E-state index is -0.981. The minimum absolute atomic E-state index is 0.267. The van der Waals surface area contributed by atoms with E-state index in [0.29, 0.717) is 15.8 Å². The van der Waals surface area contributed by atoms with Gasteiger partial charge >= 0.3 is 5.97 Å². The highest BCUT2D eigenvalue weighted by Crippen LogP contribution is 2.24. The molecule has 0 saturated heterocycles. The summed E-state index contributed by atoms with van der Waals surface area (Å²) in [6.45, 7) is 1.74. The molecule has 6 heteroatoms. The Bertz CT molecular complexity index is 405. The number of aliphatic carboxylic acids is 1. The fourth-order valence-electron chi connectivity index (χ4n) is 1.36. The van der Waals surface area contributed by atoms with E-state index in [1.54, 1.807) is 18.4 Å². The molecule has 1 N–H and O–H groups in total. The molecule has 0 radical (unpaired) electrons. The molecule has 1 heterocycles. The molecule has 0 saturated carbocycles. The summed E-state index contributed by atoms with van der Waals surface area (Å²) in [7, 11) is 1.51. The zero-order chi connectivity index (χ0) is 12.3. The zero-order valence-electron chi connectivity index (χ0n) is 8.94. The second kappa shape index (κ2) is 5.45. The molecule has 0 aliphatic rings.